The highest BCUT2D eigenvalue weighted by atomic mass is 16.5. The van der Waals surface area contributed by atoms with Gasteiger partial charge in [-0.3, -0.25) is 4.79 Å². The molecule has 2 aliphatic rings. The summed E-state index contributed by atoms with van der Waals surface area (Å²) in [5.74, 6) is -0.300. The summed E-state index contributed by atoms with van der Waals surface area (Å²) in [6, 6.07) is 8.71. The minimum Gasteiger partial charge on any atom is -0.440 e. The SMILES string of the molecule is Cc1cc2c(c(=O)o1)[C@@]1(C(=O)Nc3c(C)cccc31)C(C#N)=C(N)O2. The summed E-state index contributed by atoms with van der Waals surface area (Å²) in [6.07, 6.45) is 0. The first-order valence-corrected chi connectivity index (χ1v) is 7.56. The maximum atomic E-state index is 13.1. The Bertz CT molecular complexity index is 1090. The Morgan fingerprint density at radius 3 is 2.76 bits per heavy atom. The van der Waals surface area contributed by atoms with Crippen LogP contribution in [0.4, 0.5) is 5.69 Å². The zero-order chi connectivity index (χ0) is 17.9. The van der Waals surface area contributed by atoms with Crippen molar-refractivity contribution in [3.8, 4) is 11.8 Å². The standard InChI is InChI=1S/C18H13N3O4/c1-8-4-3-5-10-14(8)21-17(23)18(10)11(7-19)15(20)25-12-6-9(2)24-16(22)13(12)18/h3-6H,20H2,1-2H3,(H,21,23)/t18-/m0/s1. The number of carbonyl (C=O) groups is 1. The third-order valence-electron chi connectivity index (χ3n) is 4.62. The lowest BCUT2D eigenvalue weighted by atomic mass is 9.69. The number of hydrogen-bond donors (Lipinski definition) is 2. The van der Waals surface area contributed by atoms with E-state index in [0.717, 1.165) is 5.56 Å². The van der Waals surface area contributed by atoms with Crippen molar-refractivity contribution in [2.24, 2.45) is 5.73 Å². The van der Waals surface area contributed by atoms with E-state index < -0.39 is 16.9 Å². The molecule has 1 atom stereocenters. The van der Waals surface area contributed by atoms with Crippen LogP contribution in [0, 0.1) is 25.2 Å². The van der Waals surface area contributed by atoms with E-state index in [2.05, 4.69) is 5.32 Å². The molecule has 3 N–H and O–H groups in total. The average molecular weight is 335 g/mol. The third-order valence-corrected chi connectivity index (χ3v) is 4.62. The van der Waals surface area contributed by atoms with Gasteiger partial charge in [-0.05, 0) is 19.4 Å². The number of carbonyl (C=O) groups excluding carboxylic acids is 1. The zero-order valence-electron chi connectivity index (χ0n) is 13.5. The predicted molar refractivity (Wildman–Crippen MR) is 87.8 cm³/mol. The van der Waals surface area contributed by atoms with Crippen LogP contribution in [0.5, 0.6) is 5.75 Å². The van der Waals surface area contributed by atoms with Crippen molar-refractivity contribution in [2.45, 2.75) is 19.3 Å². The van der Waals surface area contributed by atoms with Crippen LogP contribution < -0.4 is 21.4 Å². The van der Waals surface area contributed by atoms with Crippen molar-refractivity contribution in [2.75, 3.05) is 5.32 Å². The fourth-order valence-corrected chi connectivity index (χ4v) is 3.59. The lowest BCUT2D eigenvalue weighted by molar-refractivity contribution is -0.118. The molecule has 124 valence electrons. The third kappa shape index (κ3) is 1.68. The quantitative estimate of drug-likeness (QED) is 0.754. The molecular formula is C18H13N3O4. The maximum Gasteiger partial charge on any atom is 0.344 e. The number of aryl methyl sites for hydroxylation is 2. The van der Waals surface area contributed by atoms with Crippen molar-refractivity contribution in [3.63, 3.8) is 0 Å². The highest BCUT2D eigenvalue weighted by Crippen LogP contribution is 2.52. The number of ether oxygens (including phenoxy) is 1. The van der Waals surface area contributed by atoms with Gasteiger partial charge in [-0.15, -0.1) is 0 Å². The van der Waals surface area contributed by atoms with Gasteiger partial charge in [0.2, 0.25) is 11.8 Å². The molecule has 0 unspecified atom stereocenters. The lowest BCUT2D eigenvalue weighted by Gasteiger charge is -2.32. The smallest absolute Gasteiger partial charge is 0.344 e. The van der Waals surface area contributed by atoms with Crippen LogP contribution in [0.25, 0.3) is 0 Å². The molecule has 7 heteroatoms. The second-order valence-corrected chi connectivity index (χ2v) is 6.04. The largest absolute Gasteiger partial charge is 0.440 e. The predicted octanol–water partition coefficient (Wildman–Crippen LogP) is 1.58. The number of nitrogens with two attached hydrogens (primary N) is 1. The van der Waals surface area contributed by atoms with Gasteiger partial charge in [0, 0.05) is 17.3 Å². The molecule has 7 nitrogen and oxygen atoms in total. The first-order chi connectivity index (χ1) is 11.9. The Balaban J connectivity index is 2.23. The van der Waals surface area contributed by atoms with Crippen molar-refractivity contribution in [1.82, 2.24) is 0 Å². The van der Waals surface area contributed by atoms with Crippen LogP contribution in [0.2, 0.25) is 0 Å². The summed E-state index contributed by atoms with van der Waals surface area (Å²) < 4.78 is 10.7. The van der Waals surface area contributed by atoms with Crippen molar-refractivity contribution in [3.05, 3.63) is 68.6 Å². The Hall–Kier alpha value is -3.53. The normalized spacial score (nSPS) is 20.6. The number of amides is 1. The Kier molecular flexibility index (Phi) is 2.85. The summed E-state index contributed by atoms with van der Waals surface area (Å²) >= 11 is 0. The molecule has 2 aliphatic heterocycles. The van der Waals surface area contributed by atoms with E-state index in [1.165, 1.54) is 6.07 Å². The molecule has 0 saturated carbocycles. The van der Waals surface area contributed by atoms with Crippen molar-refractivity contribution < 1.29 is 13.9 Å². The molecule has 1 amide bonds. The van der Waals surface area contributed by atoms with Gasteiger partial charge in [0.05, 0.1) is 0 Å². The highest BCUT2D eigenvalue weighted by molar-refractivity contribution is 6.13. The summed E-state index contributed by atoms with van der Waals surface area (Å²) in [4.78, 5) is 25.7. The van der Waals surface area contributed by atoms with E-state index in [4.69, 9.17) is 14.9 Å². The number of anilines is 1. The number of nitrogens with zero attached hydrogens (tertiary/aromatic N) is 1. The summed E-state index contributed by atoms with van der Waals surface area (Å²) in [7, 11) is 0. The van der Waals surface area contributed by atoms with E-state index in [-0.39, 0.29) is 22.8 Å². The second kappa shape index (κ2) is 4.74. The molecule has 0 aliphatic carbocycles. The van der Waals surface area contributed by atoms with E-state index in [1.54, 1.807) is 19.1 Å². The van der Waals surface area contributed by atoms with Gasteiger partial charge >= 0.3 is 5.63 Å². The van der Waals surface area contributed by atoms with Crippen LogP contribution in [-0.4, -0.2) is 5.91 Å². The fraction of sp³-hybridized carbons (Fsp3) is 0.167. The van der Waals surface area contributed by atoms with E-state index in [1.807, 2.05) is 19.1 Å². The number of hydrogen-bond acceptors (Lipinski definition) is 6. The van der Waals surface area contributed by atoms with Crippen LogP contribution in [0.3, 0.4) is 0 Å². The second-order valence-electron chi connectivity index (χ2n) is 6.04. The number of fused-ring (bicyclic) bond motifs is 4. The molecule has 1 aromatic heterocycles. The Labute approximate surface area is 142 Å². The zero-order valence-corrected chi connectivity index (χ0v) is 13.5. The van der Waals surface area contributed by atoms with E-state index in [9.17, 15) is 14.9 Å². The first kappa shape index (κ1) is 15.0. The molecule has 1 spiro atoms. The van der Waals surface area contributed by atoms with Gasteiger partial charge in [0.1, 0.15) is 28.7 Å². The van der Waals surface area contributed by atoms with Crippen LogP contribution >= 0.6 is 0 Å². The first-order valence-electron chi connectivity index (χ1n) is 7.56. The van der Waals surface area contributed by atoms with Crippen LogP contribution in [0.15, 0.2) is 44.9 Å². The van der Waals surface area contributed by atoms with Crippen molar-refractivity contribution in [1.29, 1.82) is 5.26 Å². The van der Waals surface area contributed by atoms with Gasteiger partial charge in [-0.2, -0.15) is 5.26 Å². The monoisotopic (exact) mass is 335 g/mol. The average Bonchev–Trinajstić information content (AvgIpc) is 2.82. The van der Waals surface area contributed by atoms with Gasteiger partial charge in [0.25, 0.3) is 0 Å². The number of para-hydroxylation sites is 1. The molecule has 4 rings (SSSR count). The molecule has 0 radical (unpaired) electrons. The number of rotatable bonds is 0. The molecule has 3 heterocycles. The van der Waals surface area contributed by atoms with Crippen LogP contribution in [-0.2, 0) is 10.2 Å². The lowest BCUT2D eigenvalue weighted by Crippen LogP contribution is -2.45. The molecule has 25 heavy (non-hydrogen) atoms. The number of nitriles is 1. The molecule has 0 fully saturated rings. The van der Waals surface area contributed by atoms with E-state index in [0.29, 0.717) is 17.0 Å². The fourth-order valence-electron chi connectivity index (χ4n) is 3.59. The number of nitrogens with one attached hydrogen (secondary N) is 1. The summed E-state index contributed by atoms with van der Waals surface area (Å²) in [5.41, 5.74) is 5.21. The summed E-state index contributed by atoms with van der Waals surface area (Å²) in [5, 5.41) is 12.5. The maximum absolute atomic E-state index is 13.1. The van der Waals surface area contributed by atoms with Gasteiger partial charge in [-0.1, -0.05) is 18.2 Å². The Morgan fingerprint density at radius 2 is 2.04 bits per heavy atom. The minimum absolute atomic E-state index is 0.0364. The highest BCUT2D eigenvalue weighted by Gasteiger charge is 2.58. The molecule has 0 saturated heterocycles. The van der Waals surface area contributed by atoms with Gasteiger partial charge in [-0.25, -0.2) is 4.79 Å². The Morgan fingerprint density at radius 1 is 1.28 bits per heavy atom. The summed E-state index contributed by atoms with van der Waals surface area (Å²) in [6.45, 7) is 3.42. The van der Waals surface area contributed by atoms with Crippen LogP contribution in [0.1, 0.15) is 22.5 Å². The molecule has 2 aromatic rings. The number of benzene rings is 1. The van der Waals surface area contributed by atoms with Gasteiger partial charge in [0.15, 0.2) is 5.41 Å². The van der Waals surface area contributed by atoms with E-state index >= 15 is 0 Å². The van der Waals surface area contributed by atoms with Gasteiger partial charge < -0.3 is 20.2 Å². The molecular weight excluding hydrogens is 322 g/mol. The molecule has 0 bridgehead atoms. The van der Waals surface area contributed by atoms with Crippen molar-refractivity contribution >= 4 is 11.6 Å². The molecule has 1 aromatic carbocycles. The topological polar surface area (TPSA) is 118 Å². The minimum atomic E-state index is -1.68.